The van der Waals surface area contributed by atoms with Gasteiger partial charge in [0.05, 0.1) is 24.2 Å². The molecule has 2 heterocycles. The largest absolute Gasteiger partial charge is 0.490 e. The van der Waals surface area contributed by atoms with Crippen LogP contribution in [0.1, 0.15) is 0 Å². The van der Waals surface area contributed by atoms with Gasteiger partial charge in [0, 0.05) is 13.3 Å². The van der Waals surface area contributed by atoms with Crippen molar-refractivity contribution in [3.8, 4) is 17.1 Å². The molecule has 0 saturated heterocycles. The third-order valence-corrected chi connectivity index (χ3v) is 2.22. The Hall–Kier alpha value is -1.94. The summed E-state index contributed by atoms with van der Waals surface area (Å²) in [7, 11) is 1.64. The molecule has 0 bridgehead atoms. The first-order valence-electron chi connectivity index (χ1n) is 5.39. The lowest BCUT2D eigenvalue weighted by Gasteiger charge is -2.05. The van der Waals surface area contributed by atoms with Crippen molar-refractivity contribution in [3.63, 3.8) is 0 Å². The van der Waals surface area contributed by atoms with Gasteiger partial charge in [-0.2, -0.15) is 0 Å². The molecule has 0 aliphatic carbocycles. The molecule has 0 saturated carbocycles. The SMILES string of the molecule is COCCOc1ccc(-c2ccccn2)nc1. The molecule has 0 aromatic carbocycles. The van der Waals surface area contributed by atoms with Gasteiger partial charge in [-0.05, 0) is 24.3 Å². The van der Waals surface area contributed by atoms with Crippen LogP contribution >= 0.6 is 0 Å². The van der Waals surface area contributed by atoms with Crippen molar-refractivity contribution in [2.24, 2.45) is 0 Å². The standard InChI is InChI=1S/C13H14N2O2/c1-16-8-9-17-11-5-6-13(15-10-11)12-4-2-3-7-14-12/h2-7,10H,8-9H2,1H3. The molecule has 2 aromatic heterocycles. The quantitative estimate of drug-likeness (QED) is 0.738. The Morgan fingerprint density at radius 1 is 1.00 bits per heavy atom. The number of ether oxygens (including phenoxy) is 2. The summed E-state index contributed by atoms with van der Waals surface area (Å²) < 4.78 is 10.3. The summed E-state index contributed by atoms with van der Waals surface area (Å²) in [5.74, 6) is 0.738. The molecule has 0 spiro atoms. The van der Waals surface area contributed by atoms with Gasteiger partial charge in [0.15, 0.2) is 0 Å². The Bertz CT molecular complexity index is 443. The van der Waals surface area contributed by atoms with E-state index in [0.29, 0.717) is 13.2 Å². The smallest absolute Gasteiger partial charge is 0.137 e. The van der Waals surface area contributed by atoms with E-state index in [1.165, 1.54) is 0 Å². The van der Waals surface area contributed by atoms with Gasteiger partial charge >= 0.3 is 0 Å². The predicted molar refractivity (Wildman–Crippen MR) is 64.8 cm³/mol. The second-order valence-electron chi connectivity index (χ2n) is 3.44. The third kappa shape index (κ3) is 3.26. The maximum atomic E-state index is 5.43. The van der Waals surface area contributed by atoms with E-state index in [0.717, 1.165) is 17.1 Å². The van der Waals surface area contributed by atoms with Crippen LogP contribution < -0.4 is 4.74 Å². The number of rotatable bonds is 5. The van der Waals surface area contributed by atoms with Crippen LogP contribution in [0.3, 0.4) is 0 Å². The minimum atomic E-state index is 0.529. The zero-order valence-corrected chi connectivity index (χ0v) is 9.67. The highest BCUT2D eigenvalue weighted by Crippen LogP contribution is 2.16. The molecular formula is C13H14N2O2. The zero-order chi connectivity index (χ0) is 11.9. The maximum absolute atomic E-state index is 5.43. The summed E-state index contributed by atoms with van der Waals surface area (Å²) in [5.41, 5.74) is 1.70. The van der Waals surface area contributed by atoms with E-state index in [1.54, 1.807) is 19.5 Å². The van der Waals surface area contributed by atoms with E-state index in [-0.39, 0.29) is 0 Å². The van der Waals surface area contributed by atoms with E-state index in [1.807, 2.05) is 30.3 Å². The van der Waals surface area contributed by atoms with Crippen LogP contribution in [0.5, 0.6) is 5.75 Å². The molecule has 0 aliphatic rings. The molecule has 4 heteroatoms. The van der Waals surface area contributed by atoms with Gasteiger partial charge in [-0.25, -0.2) is 0 Å². The zero-order valence-electron chi connectivity index (χ0n) is 9.67. The van der Waals surface area contributed by atoms with Crippen LogP contribution in [0.15, 0.2) is 42.7 Å². The lowest BCUT2D eigenvalue weighted by atomic mass is 10.2. The van der Waals surface area contributed by atoms with Crippen molar-refractivity contribution in [2.75, 3.05) is 20.3 Å². The second kappa shape index (κ2) is 5.96. The summed E-state index contributed by atoms with van der Waals surface area (Å²) in [4.78, 5) is 8.53. The summed E-state index contributed by atoms with van der Waals surface area (Å²) in [6.07, 6.45) is 3.44. The van der Waals surface area contributed by atoms with Gasteiger partial charge in [-0.15, -0.1) is 0 Å². The van der Waals surface area contributed by atoms with Crippen molar-refractivity contribution in [3.05, 3.63) is 42.7 Å². The van der Waals surface area contributed by atoms with Crippen molar-refractivity contribution in [1.82, 2.24) is 9.97 Å². The van der Waals surface area contributed by atoms with Crippen LogP contribution in [-0.2, 0) is 4.74 Å². The van der Waals surface area contributed by atoms with Gasteiger partial charge in [-0.1, -0.05) is 6.07 Å². The van der Waals surface area contributed by atoms with Crippen LogP contribution in [0.4, 0.5) is 0 Å². The number of nitrogens with zero attached hydrogens (tertiary/aromatic N) is 2. The first kappa shape index (κ1) is 11.5. The number of hydrogen-bond donors (Lipinski definition) is 0. The Labute approximate surface area is 100 Å². The molecule has 88 valence electrons. The summed E-state index contributed by atoms with van der Waals surface area (Å²) >= 11 is 0. The van der Waals surface area contributed by atoms with Gasteiger partial charge in [0.2, 0.25) is 0 Å². The van der Waals surface area contributed by atoms with Crippen LogP contribution in [-0.4, -0.2) is 30.3 Å². The fourth-order valence-electron chi connectivity index (χ4n) is 1.37. The molecular weight excluding hydrogens is 216 g/mol. The molecule has 0 N–H and O–H groups in total. The van der Waals surface area contributed by atoms with Gasteiger partial charge in [0.1, 0.15) is 12.4 Å². The molecule has 0 fully saturated rings. The van der Waals surface area contributed by atoms with E-state index in [4.69, 9.17) is 9.47 Å². The lowest BCUT2D eigenvalue weighted by molar-refractivity contribution is 0.146. The molecule has 0 amide bonds. The Balaban J connectivity index is 2.03. The van der Waals surface area contributed by atoms with Crippen molar-refractivity contribution < 1.29 is 9.47 Å². The third-order valence-electron chi connectivity index (χ3n) is 2.22. The molecule has 17 heavy (non-hydrogen) atoms. The van der Waals surface area contributed by atoms with Crippen LogP contribution in [0, 0.1) is 0 Å². The lowest BCUT2D eigenvalue weighted by Crippen LogP contribution is -2.04. The van der Waals surface area contributed by atoms with E-state index in [2.05, 4.69) is 9.97 Å². The fourth-order valence-corrected chi connectivity index (χ4v) is 1.37. The first-order valence-corrected chi connectivity index (χ1v) is 5.39. The predicted octanol–water partition coefficient (Wildman–Crippen LogP) is 2.17. The normalized spacial score (nSPS) is 10.2. The average Bonchev–Trinajstić information content (AvgIpc) is 2.41. The first-order chi connectivity index (χ1) is 8.40. The number of pyridine rings is 2. The molecule has 2 rings (SSSR count). The van der Waals surface area contributed by atoms with Crippen molar-refractivity contribution >= 4 is 0 Å². The maximum Gasteiger partial charge on any atom is 0.137 e. The topological polar surface area (TPSA) is 44.2 Å². The summed E-state index contributed by atoms with van der Waals surface area (Å²) in [5, 5.41) is 0. The Morgan fingerprint density at radius 2 is 1.88 bits per heavy atom. The molecule has 0 aliphatic heterocycles. The van der Waals surface area contributed by atoms with Gasteiger partial charge in [0.25, 0.3) is 0 Å². The summed E-state index contributed by atoms with van der Waals surface area (Å²) in [6.45, 7) is 1.10. The van der Waals surface area contributed by atoms with Crippen LogP contribution in [0.2, 0.25) is 0 Å². The molecule has 2 aromatic rings. The monoisotopic (exact) mass is 230 g/mol. The number of methoxy groups -OCH3 is 1. The minimum Gasteiger partial charge on any atom is -0.490 e. The average molecular weight is 230 g/mol. The van der Waals surface area contributed by atoms with Crippen molar-refractivity contribution in [2.45, 2.75) is 0 Å². The van der Waals surface area contributed by atoms with Crippen LogP contribution in [0.25, 0.3) is 11.4 Å². The molecule has 4 nitrogen and oxygen atoms in total. The van der Waals surface area contributed by atoms with Gasteiger partial charge < -0.3 is 9.47 Å². The van der Waals surface area contributed by atoms with E-state index in [9.17, 15) is 0 Å². The van der Waals surface area contributed by atoms with E-state index < -0.39 is 0 Å². The molecule has 0 unspecified atom stereocenters. The Kier molecular flexibility index (Phi) is 4.05. The molecule has 0 radical (unpaired) electrons. The Morgan fingerprint density at radius 3 is 2.53 bits per heavy atom. The second-order valence-corrected chi connectivity index (χ2v) is 3.44. The fraction of sp³-hybridized carbons (Fsp3) is 0.231. The van der Waals surface area contributed by atoms with E-state index >= 15 is 0 Å². The minimum absolute atomic E-state index is 0.529. The highest BCUT2D eigenvalue weighted by atomic mass is 16.5. The number of aromatic nitrogens is 2. The number of hydrogen-bond acceptors (Lipinski definition) is 4. The molecule has 0 atom stereocenters. The highest BCUT2D eigenvalue weighted by molar-refractivity contribution is 5.53. The van der Waals surface area contributed by atoms with Gasteiger partial charge in [-0.3, -0.25) is 9.97 Å². The summed E-state index contributed by atoms with van der Waals surface area (Å²) in [6, 6.07) is 9.52. The highest BCUT2D eigenvalue weighted by Gasteiger charge is 2.00. The van der Waals surface area contributed by atoms with Crippen molar-refractivity contribution in [1.29, 1.82) is 0 Å².